The molecule has 0 aliphatic heterocycles. The van der Waals surface area contributed by atoms with E-state index in [4.69, 9.17) is 0 Å². The smallest absolute Gasteiger partial charge is 0.191 e. The molecule has 1 heterocycles. The maximum atomic E-state index is 13.7. The summed E-state index contributed by atoms with van der Waals surface area (Å²) in [7, 11) is 3.92. The second-order valence-corrected chi connectivity index (χ2v) is 5.88. The van der Waals surface area contributed by atoms with Gasteiger partial charge in [0.1, 0.15) is 11.6 Å². The van der Waals surface area contributed by atoms with Crippen molar-refractivity contribution in [3.63, 3.8) is 0 Å². The first-order valence-electron chi connectivity index (χ1n) is 8.48. The lowest BCUT2D eigenvalue weighted by molar-refractivity contribution is 0.606. The number of benzene rings is 1. The Morgan fingerprint density at radius 2 is 1.96 bits per heavy atom. The fourth-order valence-electron chi connectivity index (χ4n) is 2.33. The molecule has 5 nitrogen and oxygen atoms in total. The summed E-state index contributed by atoms with van der Waals surface area (Å²) in [6.07, 6.45) is 2.40. The van der Waals surface area contributed by atoms with E-state index < -0.39 is 0 Å². The SMILES string of the molecule is CCNC(=NCc1ccnc(N(C)C)c1)NCCc1ccccc1F.I. The van der Waals surface area contributed by atoms with Crippen molar-refractivity contribution in [1.82, 2.24) is 15.6 Å². The summed E-state index contributed by atoms with van der Waals surface area (Å²) in [5.41, 5.74) is 1.79. The molecule has 0 aliphatic rings. The zero-order valence-corrected chi connectivity index (χ0v) is 17.8. The van der Waals surface area contributed by atoms with Crippen LogP contribution in [0.5, 0.6) is 0 Å². The van der Waals surface area contributed by atoms with Crippen LogP contribution in [0.1, 0.15) is 18.1 Å². The predicted octanol–water partition coefficient (Wildman–Crippen LogP) is 3.20. The van der Waals surface area contributed by atoms with E-state index in [1.807, 2.05) is 44.1 Å². The minimum Gasteiger partial charge on any atom is -0.363 e. The molecule has 0 amide bonds. The fraction of sp³-hybridized carbons (Fsp3) is 0.368. The molecule has 0 unspecified atom stereocenters. The maximum Gasteiger partial charge on any atom is 0.191 e. The van der Waals surface area contributed by atoms with Gasteiger partial charge in [0.05, 0.1) is 6.54 Å². The van der Waals surface area contributed by atoms with Gasteiger partial charge in [0.2, 0.25) is 0 Å². The summed E-state index contributed by atoms with van der Waals surface area (Å²) in [6.45, 7) is 3.96. The van der Waals surface area contributed by atoms with Crippen molar-refractivity contribution in [3.05, 3.63) is 59.5 Å². The number of aliphatic imine (C=N–C) groups is 1. The Morgan fingerprint density at radius 3 is 2.65 bits per heavy atom. The molecule has 0 fully saturated rings. The molecule has 0 bridgehead atoms. The number of nitrogens with one attached hydrogen (secondary N) is 2. The van der Waals surface area contributed by atoms with Crippen LogP contribution in [-0.2, 0) is 13.0 Å². The first kappa shape index (κ1) is 22.1. The van der Waals surface area contributed by atoms with Gasteiger partial charge in [-0.15, -0.1) is 24.0 Å². The standard InChI is InChI=1S/C19H26FN5.HI/c1-4-21-19(23-12-10-16-7-5-6-8-17(16)20)24-14-15-9-11-22-18(13-15)25(2)3;/h5-9,11,13H,4,10,12,14H2,1-3H3,(H2,21,23,24);1H. The minimum absolute atomic E-state index is 0. The van der Waals surface area contributed by atoms with E-state index in [1.54, 1.807) is 18.3 Å². The highest BCUT2D eigenvalue weighted by Gasteiger charge is 2.03. The maximum absolute atomic E-state index is 13.7. The summed E-state index contributed by atoms with van der Waals surface area (Å²) in [5.74, 6) is 1.46. The van der Waals surface area contributed by atoms with E-state index in [0.29, 0.717) is 25.1 Å². The Balaban J connectivity index is 0.00000338. The number of rotatable bonds is 7. The van der Waals surface area contributed by atoms with Crippen LogP contribution >= 0.6 is 24.0 Å². The van der Waals surface area contributed by atoms with Crippen LogP contribution in [0.25, 0.3) is 0 Å². The Hall–Kier alpha value is -1.90. The van der Waals surface area contributed by atoms with Gasteiger partial charge in [0.25, 0.3) is 0 Å². The fourth-order valence-corrected chi connectivity index (χ4v) is 2.33. The largest absolute Gasteiger partial charge is 0.363 e. The number of guanidine groups is 1. The lowest BCUT2D eigenvalue weighted by Crippen LogP contribution is -2.38. The van der Waals surface area contributed by atoms with Crippen molar-refractivity contribution >= 4 is 35.8 Å². The highest BCUT2D eigenvalue weighted by atomic mass is 127. The summed E-state index contributed by atoms with van der Waals surface area (Å²) in [4.78, 5) is 10.9. The van der Waals surface area contributed by atoms with Gasteiger partial charge in [-0.2, -0.15) is 0 Å². The van der Waals surface area contributed by atoms with E-state index in [0.717, 1.165) is 23.9 Å². The van der Waals surface area contributed by atoms with Gasteiger partial charge >= 0.3 is 0 Å². The van der Waals surface area contributed by atoms with Gasteiger partial charge in [-0.05, 0) is 42.7 Å². The number of hydrogen-bond acceptors (Lipinski definition) is 3. The second-order valence-electron chi connectivity index (χ2n) is 5.88. The molecule has 0 radical (unpaired) electrons. The van der Waals surface area contributed by atoms with Gasteiger partial charge < -0.3 is 15.5 Å². The van der Waals surface area contributed by atoms with E-state index >= 15 is 0 Å². The number of anilines is 1. The molecule has 2 aromatic rings. The molecule has 0 aliphatic carbocycles. The Kier molecular flexibility index (Phi) is 9.93. The quantitative estimate of drug-likeness (QED) is 0.370. The second kappa shape index (κ2) is 11.7. The van der Waals surface area contributed by atoms with E-state index in [2.05, 4.69) is 20.6 Å². The molecule has 2 rings (SSSR count). The van der Waals surface area contributed by atoms with Crippen molar-refractivity contribution in [2.24, 2.45) is 4.99 Å². The van der Waals surface area contributed by atoms with Gasteiger partial charge in [0.15, 0.2) is 5.96 Å². The Bertz CT molecular complexity index is 706. The molecule has 7 heteroatoms. The predicted molar refractivity (Wildman–Crippen MR) is 117 cm³/mol. The minimum atomic E-state index is -0.167. The zero-order chi connectivity index (χ0) is 18.1. The topological polar surface area (TPSA) is 52.6 Å². The van der Waals surface area contributed by atoms with Crippen LogP contribution in [0.15, 0.2) is 47.6 Å². The van der Waals surface area contributed by atoms with Crippen LogP contribution in [0.2, 0.25) is 0 Å². The van der Waals surface area contributed by atoms with Crippen molar-refractivity contribution in [1.29, 1.82) is 0 Å². The van der Waals surface area contributed by atoms with Gasteiger partial charge in [-0.1, -0.05) is 18.2 Å². The van der Waals surface area contributed by atoms with Gasteiger partial charge in [-0.25, -0.2) is 14.4 Å². The van der Waals surface area contributed by atoms with Crippen LogP contribution < -0.4 is 15.5 Å². The number of pyridine rings is 1. The average Bonchev–Trinajstić information content (AvgIpc) is 2.61. The molecular weight excluding hydrogens is 444 g/mol. The summed E-state index contributed by atoms with van der Waals surface area (Å²) >= 11 is 0. The third-order valence-corrected chi connectivity index (χ3v) is 3.68. The summed E-state index contributed by atoms with van der Waals surface area (Å²) in [6, 6.07) is 10.8. The van der Waals surface area contributed by atoms with E-state index in [9.17, 15) is 4.39 Å². The molecule has 26 heavy (non-hydrogen) atoms. The zero-order valence-electron chi connectivity index (χ0n) is 15.5. The Morgan fingerprint density at radius 1 is 1.19 bits per heavy atom. The number of nitrogens with zero attached hydrogens (tertiary/aromatic N) is 3. The van der Waals surface area contributed by atoms with Crippen molar-refractivity contribution in [2.45, 2.75) is 19.9 Å². The third kappa shape index (κ3) is 7.15. The number of aromatic nitrogens is 1. The van der Waals surface area contributed by atoms with Gasteiger partial charge in [0, 0.05) is 33.4 Å². The van der Waals surface area contributed by atoms with Crippen LogP contribution in [0.4, 0.5) is 10.2 Å². The third-order valence-electron chi connectivity index (χ3n) is 3.68. The van der Waals surface area contributed by atoms with Crippen molar-refractivity contribution in [3.8, 4) is 0 Å². The molecule has 2 N–H and O–H groups in total. The number of hydrogen-bond donors (Lipinski definition) is 2. The normalized spacial score (nSPS) is 10.8. The molecular formula is C19H27FIN5. The molecule has 1 aromatic heterocycles. The van der Waals surface area contributed by atoms with Crippen molar-refractivity contribution in [2.75, 3.05) is 32.1 Å². The number of halogens is 2. The summed E-state index contributed by atoms with van der Waals surface area (Å²) < 4.78 is 13.7. The first-order chi connectivity index (χ1) is 12.1. The van der Waals surface area contributed by atoms with Gasteiger partial charge in [-0.3, -0.25) is 0 Å². The van der Waals surface area contributed by atoms with Crippen molar-refractivity contribution < 1.29 is 4.39 Å². The highest BCUT2D eigenvalue weighted by Crippen LogP contribution is 2.10. The van der Waals surface area contributed by atoms with Crippen LogP contribution in [-0.4, -0.2) is 38.1 Å². The van der Waals surface area contributed by atoms with E-state index in [-0.39, 0.29) is 29.8 Å². The highest BCUT2D eigenvalue weighted by molar-refractivity contribution is 14.0. The van der Waals surface area contributed by atoms with Crippen LogP contribution in [0.3, 0.4) is 0 Å². The molecule has 0 spiro atoms. The average molecular weight is 471 g/mol. The lowest BCUT2D eigenvalue weighted by Gasteiger charge is -2.13. The lowest BCUT2D eigenvalue weighted by atomic mass is 10.1. The molecule has 1 aromatic carbocycles. The monoisotopic (exact) mass is 471 g/mol. The summed E-state index contributed by atoms with van der Waals surface area (Å²) in [5, 5.41) is 6.46. The first-order valence-corrected chi connectivity index (χ1v) is 8.48. The molecule has 0 saturated heterocycles. The molecule has 142 valence electrons. The van der Waals surface area contributed by atoms with E-state index in [1.165, 1.54) is 6.07 Å². The van der Waals surface area contributed by atoms with Crippen LogP contribution in [0, 0.1) is 5.82 Å². The molecule has 0 atom stereocenters. The molecule has 0 saturated carbocycles. The Labute approximate surface area is 172 Å².